The van der Waals surface area contributed by atoms with Gasteiger partial charge in [-0.2, -0.15) is 0 Å². The average Bonchev–Trinajstić information content (AvgIpc) is 2.33. The minimum absolute atomic E-state index is 0.0450. The van der Waals surface area contributed by atoms with Gasteiger partial charge in [-0.15, -0.1) is 0 Å². The van der Waals surface area contributed by atoms with Gasteiger partial charge in [0.2, 0.25) is 0 Å². The molecule has 1 fully saturated rings. The van der Waals surface area contributed by atoms with E-state index in [-0.39, 0.29) is 6.10 Å². The van der Waals surface area contributed by atoms with Crippen LogP contribution in [0.4, 0.5) is 0 Å². The first-order valence-electron chi connectivity index (χ1n) is 8.10. The number of hydrogen-bond donors (Lipinski definition) is 1. The molecule has 0 bridgehead atoms. The molecule has 1 N–H and O–H groups in total. The summed E-state index contributed by atoms with van der Waals surface area (Å²) in [6.45, 7) is 9.08. The highest BCUT2D eigenvalue weighted by Gasteiger charge is 2.26. The maximum atomic E-state index is 10.3. The van der Waals surface area contributed by atoms with Crippen LogP contribution in [0.5, 0.6) is 0 Å². The van der Waals surface area contributed by atoms with Gasteiger partial charge in [-0.05, 0) is 42.9 Å². The Labute approximate surface area is 114 Å². The molecular formula is C17H34O. The second-order valence-electron chi connectivity index (χ2n) is 7.59. The Balaban J connectivity index is 2.21. The van der Waals surface area contributed by atoms with E-state index >= 15 is 0 Å². The minimum Gasteiger partial charge on any atom is -0.393 e. The fourth-order valence-electron chi connectivity index (χ4n) is 3.17. The molecule has 0 aromatic carbocycles. The Hall–Kier alpha value is -0.0400. The molecule has 0 aromatic rings. The topological polar surface area (TPSA) is 20.2 Å². The van der Waals surface area contributed by atoms with Crippen molar-refractivity contribution in [2.75, 3.05) is 0 Å². The zero-order valence-corrected chi connectivity index (χ0v) is 13.0. The second-order valence-corrected chi connectivity index (χ2v) is 7.59. The first-order chi connectivity index (χ1) is 8.42. The molecule has 18 heavy (non-hydrogen) atoms. The van der Waals surface area contributed by atoms with Crippen LogP contribution in [0.3, 0.4) is 0 Å². The van der Waals surface area contributed by atoms with E-state index in [0.717, 1.165) is 18.8 Å². The van der Waals surface area contributed by atoms with E-state index in [4.69, 9.17) is 0 Å². The van der Waals surface area contributed by atoms with Crippen LogP contribution in [0.15, 0.2) is 0 Å². The van der Waals surface area contributed by atoms with Crippen LogP contribution in [0.1, 0.15) is 85.5 Å². The van der Waals surface area contributed by atoms with Crippen LogP contribution < -0.4 is 0 Å². The third-order valence-electron chi connectivity index (χ3n) is 4.59. The Morgan fingerprint density at radius 3 is 2.22 bits per heavy atom. The largest absolute Gasteiger partial charge is 0.393 e. The highest BCUT2D eigenvalue weighted by Crippen LogP contribution is 2.35. The predicted octanol–water partition coefficient (Wildman–Crippen LogP) is 5.17. The van der Waals surface area contributed by atoms with Crippen LogP contribution >= 0.6 is 0 Å². The first-order valence-corrected chi connectivity index (χ1v) is 8.10. The average molecular weight is 254 g/mol. The van der Waals surface area contributed by atoms with Crippen molar-refractivity contribution >= 4 is 0 Å². The maximum Gasteiger partial charge on any atom is 0.0568 e. The summed E-state index contributed by atoms with van der Waals surface area (Å²) < 4.78 is 0. The van der Waals surface area contributed by atoms with Crippen LogP contribution in [-0.2, 0) is 0 Å². The molecule has 0 spiro atoms. The van der Waals surface area contributed by atoms with Crippen molar-refractivity contribution < 1.29 is 5.11 Å². The molecule has 1 aliphatic carbocycles. The molecule has 0 radical (unpaired) electrons. The van der Waals surface area contributed by atoms with Gasteiger partial charge in [-0.1, -0.05) is 59.8 Å². The number of aliphatic hydroxyl groups is 1. The van der Waals surface area contributed by atoms with E-state index in [1.807, 2.05) is 0 Å². The molecular weight excluding hydrogens is 220 g/mol. The maximum absolute atomic E-state index is 10.3. The lowest BCUT2D eigenvalue weighted by Gasteiger charge is -2.32. The Kier molecular flexibility index (Phi) is 6.70. The lowest BCUT2D eigenvalue weighted by molar-refractivity contribution is 0.0563. The van der Waals surface area contributed by atoms with Crippen LogP contribution in [0, 0.1) is 17.3 Å². The molecule has 1 nitrogen and oxygen atoms in total. The number of aliphatic hydroxyl groups excluding tert-OH is 1. The second kappa shape index (κ2) is 7.53. The molecule has 0 aliphatic heterocycles. The van der Waals surface area contributed by atoms with Gasteiger partial charge in [-0.3, -0.25) is 0 Å². The fraction of sp³-hybridized carbons (Fsp3) is 1.00. The fourth-order valence-corrected chi connectivity index (χ4v) is 3.17. The van der Waals surface area contributed by atoms with Gasteiger partial charge in [0.05, 0.1) is 6.10 Å². The molecule has 108 valence electrons. The molecule has 1 rings (SSSR count). The van der Waals surface area contributed by atoms with Crippen molar-refractivity contribution in [3.63, 3.8) is 0 Å². The summed E-state index contributed by atoms with van der Waals surface area (Å²) in [5.74, 6) is 1.54. The normalized spacial score (nSPS) is 27.2. The summed E-state index contributed by atoms with van der Waals surface area (Å²) in [6, 6.07) is 0. The van der Waals surface area contributed by atoms with Gasteiger partial charge in [0.1, 0.15) is 0 Å². The van der Waals surface area contributed by atoms with E-state index in [1.54, 1.807) is 0 Å². The molecule has 0 heterocycles. The van der Waals surface area contributed by atoms with Crippen molar-refractivity contribution in [2.24, 2.45) is 17.3 Å². The van der Waals surface area contributed by atoms with Crippen molar-refractivity contribution in [1.29, 1.82) is 0 Å². The Bertz CT molecular complexity index is 208. The Morgan fingerprint density at radius 1 is 1.11 bits per heavy atom. The summed E-state index contributed by atoms with van der Waals surface area (Å²) in [5, 5.41) is 10.3. The summed E-state index contributed by atoms with van der Waals surface area (Å²) in [7, 11) is 0. The highest BCUT2D eigenvalue weighted by molar-refractivity contribution is 4.78. The van der Waals surface area contributed by atoms with E-state index in [2.05, 4.69) is 27.7 Å². The van der Waals surface area contributed by atoms with Crippen LogP contribution in [-0.4, -0.2) is 11.2 Å². The van der Waals surface area contributed by atoms with Gasteiger partial charge >= 0.3 is 0 Å². The molecule has 1 heteroatoms. The summed E-state index contributed by atoms with van der Waals surface area (Å²) in [4.78, 5) is 0. The highest BCUT2D eigenvalue weighted by atomic mass is 16.3. The summed E-state index contributed by atoms with van der Waals surface area (Å²) in [6.07, 6.45) is 11.5. The molecule has 1 atom stereocenters. The molecule has 1 aliphatic rings. The quantitative estimate of drug-likeness (QED) is 0.693. The van der Waals surface area contributed by atoms with E-state index in [0.29, 0.717) is 11.3 Å². The first kappa shape index (κ1) is 16.0. The molecule has 0 aromatic heterocycles. The van der Waals surface area contributed by atoms with Gasteiger partial charge < -0.3 is 5.11 Å². The Morgan fingerprint density at radius 2 is 1.72 bits per heavy atom. The van der Waals surface area contributed by atoms with Gasteiger partial charge in [0.15, 0.2) is 0 Å². The SMILES string of the molecule is CCCCC1CCC(C(O)CCC(C)(C)C)CC1. The number of unbranched alkanes of at least 4 members (excludes halogenated alkanes) is 1. The van der Waals surface area contributed by atoms with E-state index in [9.17, 15) is 5.11 Å². The van der Waals surface area contributed by atoms with Crippen molar-refractivity contribution in [3.05, 3.63) is 0 Å². The third-order valence-corrected chi connectivity index (χ3v) is 4.59. The zero-order chi connectivity index (χ0) is 13.6. The van der Waals surface area contributed by atoms with E-state index < -0.39 is 0 Å². The standard InChI is InChI=1S/C17H34O/c1-5-6-7-14-8-10-15(11-9-14)16(18)12-13-17(2,3)4/h14-16,18H,5-13H2,1-4H3. The number of rotatable bonds is 6. The van der Waals surface area contributed by atoms with Crippen LogP contribution in [0.2, 0.25) is 0 Å². The number of hydrogen-bond acceptors (Lipinski definition) is 1. The zero-order valence-electron chi connectivity index (χ0n) is 13.0. The van der Waals surface area contributed by atoms with Gasteiger partial charge in [-0.25, -0.2) is 0 Å². The van der Waals surface area contributed by atoms with Crippen molar-refractivity contribution in [3.8, 4) is 0 Å². The molecule has 1 saturated carbocycles. The smallest absolute Gasteiger partial charge is 0.0568 e. The molecule has 0 amide bonds. The third kappa shape index (κ3) is 6.22. The van der Waals surface area contributed by atoms with E-state index in [1.165, 1.54) is 44.9 Å². The molecule has 1 unspecified atom stereocenters. The predicted molar refractivity (Wildman–Crippen MR) is 79.7 cm³/mol. The van der Waals surface area contributed by atoms with Crippen molar-refractivity contribution in [2.45, 2.75) is 91.6 Å². The minimum atomic E-state index is -0.0450. The molecule has 0 saturated heterocycles. The summed E-state index contributed by atoms with van der Waals surface area (Å²) >= 11 is 0. The summed E-state index contributed by atoms with van der Waals surface area (Å²) in [5.41, 5.74) is 0.360. The van der Waals surface area contributed by atoms with Gasteiger partial charge in [0.25, 0.3) is 0 Å². The van der Waals surface area contributed by atoms with Crippen molar-refractivity contribution in [1.82, 2.24) is 0 Å². The lowest BCUT2D eigenvalue weighted by atomic mass is 9.76. The monoisotopic (exact) mass is 254 g/mol. The van der Waals surface area contributed by atoms with Gasteiger partial charge in [0, 0.05) is 0 Å². The van der Waals surface area contributed by atoms with Crippen LogP contribution in [0.25, 0.3) is 0 Å². The lowest BCUT2D eigenvalue weighted by Crippen LogP contribution is -2.27.